The van der Waals surface area contributed by atoms with Gasteiger partial charge in [0.05, 0.1) is 20.0 Å². The highest BCUT2D eigenvalue weighted by atomic mass is 35.5. The summed E-state index contributed by atoms with van der Waals surface area (Å²) in [7, 11) is -3.96. The molecular formula is C19H12Cl3NO4S. The first-order valence-electron chi connectivity index (χ1n) is 7.96. The molecular weight excluding hydrogens is 445 g/mol. The van der Waals surface area contributed by atoms with Gasteiger partial charge in [-0.2, -0.15) is 0 Å². The lowest BCUT2D eigenvalue weighted by Gasteiger charge is -2.15. The summed E-state index contributed by atoms with van der Waals surface area (Å²) in [6, 6.07) is 13.2. The molecule has 0 radical (unpaired) electrons. The van der Waals surface area contributed by atoms with E-state index >= 15 is 0 Å². The van der Waals surface area contributed by atoms with E-state index in [0.717, 1.165) is 0 Å². The lowest BCUT2D eigenvalue weighted by Crippen LogP contribution is -2.13. The Morgan fingerprint density at radius 2 is 1.39 bits per heavy atom. The number of hydrogen-bond acceptors (Lipinski definition) is 4. The van der Waals surface area contributed by atoms with Gasteiger partial charge in [0.1, 0.15) is 0 Å². The van der Waals surface area contributed by atoms with Crippen LogP contribution in [0.2, 0.25) is 15.1 Å². The quantitative estimate of drug-likeness (QED) is 0.538. The zero-order valence-corrected chi connectivity index (χ0v) is 17.2. The van der Waals surface area contributed by atoms with E-state index in [1.165, 1.54) is 6.07 Å². The lowest BCUT2D eigenvalue weighted by atomic mass is 9.94. The van der Waals surface area contributed by atoms with Crippen LogP contribution in [-0.2, 0) is 10.0 Å². The Bertz CT molecular complexity index is 1190. The van der Waals surface area contributed by atoms with Crippen molar-refractivity contribution in [3.63, 3.8) is 0 Å². The average Bonchev–Trinajstić information content (AvgIpc) is 3.11. The second kappa shape index (κ2) is 7.13. The molecule has 2 N–H and O–H groups in total. The third-order valence-corrected chi connectivity index (χ3v) is 6.46. The van der Waals surface area contributed by atoms with Crippen LogP contribution in [0.3, 0.4) is 0 Å². The third-order valence-electron chi connectivity index (χ3n) is 4.29. The Labute approximate surface area is 176 Å². The van der Waals surface area contributed by atoms with Crippen LogP contribution in [-0.4, -0.2) is 15.2 Å². The van der Waals surface area contributed by atoms with Gasteiger partial charge in [-0.1, -0.05) is 53.0 Å². The zero-order valence-electron chi connectivity index (χ0n) is 14.1. The van der Waals surface area contributed by atoms with E-state index < -0.39 is 10.0 Å². The van der Waals surface area contributed by atoms with E-state index in [2.05, 4.69) is 0 Å². The van der Waals surface area contributed by atoms with Gasteiger partial charge in [0, 0.05) is 5.56 Å². The molecule has 0 aliphatic carbocycles. The number of benzene rings is 3. The number of sulfonamides is 1. The van der Waals surface area contributed by atoms with E-state index in [1.54, 1.807) is 42.5 Å². The van der Waals surface area contributed by atoms with Crippen molar-refractivity contribution in [1.29, 1.82) is 0 Å². The van der Waals surface area contributed by atoms with Crippen LogP contribution in [0.1, 0.15) is 0 Å². The first-order valence-corrected chi connectivity index (χ1v) is 10.6. The Balaban J connectivity index is 2.05. The van der Waals surface area contributed by atoms with Crippen molar-refractivity contribution in [2.75, 3.05) is 6.79 Å². The Kier molecular flexibility index (Phi) is 4.93. The number of nitrogens with two attached hydrogens (primary N) is 1. The van der Waals surface area contributed by atoms with Crippen molar-refractivity contribution in [3.05, 3.63) is 63.6 Å². The Morgan fingerprint density at radius 3 is 2.00 bits per heavy atom. The SMILES string of the molecule is NS(=O)(=O)c1ccccc1-c1cc2c(cc1-c1cc(Cl)c(Cl)c(Cl)c1)OCO2. The molecule has 3 aromatic rings. The number of primary sulfonamides is 1. The monoisotopic (exact) mass is 455 g/mol. The fraction of sp³-hybridized carbons (Fsp3) is 0.0526. The first kappa shape index (κ1) is 19.4. The highest BCUT2D eigenvalue weighted by Crippen LogP contribution is 2.46. The molecule has 0 atom stereocenters. The molecule has 0 saturated carbocycles. The van der Waals surface area contributed by atoms with Crippen molar-refractivity contribution in [2.45, 2.75) is 4.90 Å². The van der Waals surface area contributed by atoms with Gasteiger partial charge in [-0.3, -0.25) is 0 Å². The van der Waals surface area contributed by atoms with E-state index in [4.69, 9.17) is 49.4 Å². The fourth-order valence-electron chi connectivity index (χ4n) is 3.05. The van der Waals surface area contributed by atoms with Gasteiger partial charge < -0.3 is 9.47 Å². The van der Waals surface area contributed by atoms with E-state index in [1.807, 2.05) is 0 Å². The maximum atomic E-state index is 12.1. The van der Waals surface area contributed by atoms with E-state index in [0.29, 0.717) is 33.8 Å². The predicted molar refractivity (Wildman–Crippen MR) is 110 cm³/mol. The number of rotatable bonds is 3. The molecule has 0 saturated heterocycles. The summed E-state index contributed by atoms with van der Waals surface area (Å²) in [4.78, 5) is -0.0127. The van der Waals surface area contributed by atoms with E-state index in [-0.39, 0.29) is 26.8 Å². The van der Waals surface area contributed by atoms with Crippen LogP contribution in [0.15, 0.2) is 53.4 Å². The van der Waals surface area contributed by atoms with Crippen LogP contribution in [0.4, 0.5) is 0 Å². The molecule has 3 aromatic carbocycles. The highest BCUT2D eigenvalue weighted by molar-refractivity contribution is 7.89. The summed E-state index contributed by atoms with van der Waals surface area (Å²) in [5, 5.41) is 6.20. The number of hydrogen-bond donors (Lipinski definition) is 1. The average molecular weight is 457 g/mol. The summed E-state index contributed by atoms with van der Waals surface area (Å²) in [5.74, 6) is 1.02. The molecule has 0 unspecified atom stereocenters. The van der Waals surface area contributed by atoms with Crippen molar-refractivity contribution in [1.82, 2.24) is 0 Å². The minimum Gasteiger partial charge on any atom is -0.454 e. The Morgan fingerprint density at radius 1 is 0.821 bits per heavy atom. The van der Waals surface area contributed by atoms with Gasteiger partial charge in [-0.15, -0.1) is 0 Å². The molecule has 1 aliphatic rings. The van der Waals surface area contributed by atoms with Gasteiger partial charge in [-0.05, 0) is 47.0 Å². The fourth-order valence-corrected chi connectivity index (χ4v) is 4.40. The van der Waals surface area contributed by atoms with Crippen LogP contribution in [0, 0.1) is 0 Å². The van der Waals surface area contributed by atoms with Crippen LogP contribution < -0.4 is 14.6 Å². The maximum Gasteiger partial charge on any atom is 0.238 e. The standard InChI is InChI=1S/C19H12Cl3NO4S/c20-14-5-10(6-15(21)19(14)22)12-7-16-17(27-9-26-16)8-13(12)11-3-1-2-4-18(11)28(23,24)25/h1-8H,9H2,(H2,23,24,25). The summed E-state index contributed by atoms with van der Waals surface area (Å²) in [6.45, 7) is 0.0667. The predicted octanol–water partition coefficient (Wildman–Crippen LogP) is 5.36. The molecule has 0 aromatic heterocycles. The van der Waals surface area contributed by atoms with Gasteiger partial charge >= 0.3 is 0 Å². The summed E-state index contributed by atoms with van der Waals surface area (Å²) in [5.41, 5.74) is 2.27. The van der Waals surface area contributed by atoms with Crippen LogP contribution in [0.25, 0.3) is 22.3 Å². The van der Waals surface area contributed by atoms with Gasteiger partial charge in [0.2, 0.25) is 16.8 Å². The molecule has 144 valence electrons. The molecule has 0 spiro atoms. The summed E-state index contributed by atoms with van der Waals surface area (Å²) < 4.78 is 35.2. The highest BCUT2D eigenvalue weighted by Gasteiger charge is 2.23. The minimum atomic E-state index is -3.96. The molecule has 0 fully saturated rings. The second-order valence-corrected chi connectivity index (χ2v) is 8.77. The molecule has 0 bridgehead atoms. The molecule has 1 heterocycles. The topological polar surface area (TPSA) is 78.6 Å². The number of fused-ring (bicyclic) bond motifs is 1. The molecule has 4 rings (SSSR count). The summed E-state index contributed by atoms with van der Waals surface area (Å²) in [6.07, 6.45) is 0. The minimum absolute atomic E-state index is 0.0127. The number of ether oxygens (including phenoxy) is 2. The largest absolute Gasteiger partial charge is 0.454 e. The van der Waals surface area contributed by atoms with Crippen molar-refractivity contribution in [2.24, 2.45) is 5.14 Å². The number of halogens is 3. The molecule has 5 nitrogen and oxygen atoms in total. The van der Waals surface area contributed by atoms with Gasteiger partial charge in [0.25, 0.3) is 0 Å². The van der Waals surface area contributed by atoms with Crippen molar-refractivity contribution < 1.29 is 17.9 Å². The third kappa shape index (κ3) is 3.43. The lowest BCUT2D eigenvalue weighted by molar-refractivity contribution is 0.174. The molecule has 1 aliphatic heterocycles. The Hall–Kier alpha value is -1.96. The van der Waals surface area contributed by atoms with Crippen LogP contribution in [0.5, 0.6) is 11.5 Å². The smallest absolute Gasteiger partial charge is 0.238 e. The maximum absolute atomic E-state index is 12.1. The van der Waals surface area contributed by atoms with Gasteiger partial charge in [0.15, 0.2) is 11.5 Å². The first-order chi connectivity index (χ1) is 13.3. The van der Waals surface area contributed by atoms with Gasteiger partial charge in [-0.25, -0.2) is 13.6 Å². The summed E-state index contributed by atoms with van der Waals surface area (Å²) >= 11 is 18.5. The second-order valence-electron chi connectivity index (χ2n) is 6.05. The molecule has 9 heteroatoms. The molecule has 28 heavy (non-hydrogen) atoms. The molecule has 0 amide bonds. The zero-order chi connectivity index (χ0) is 20.1. The van der Waals surface area contributed by atoms with Crippen molar-refractivity contribution >= 4 is 44.8 Å². The van der Waals surface area contributed by atoms with Crippen molar-refractivity contribution in [3.8, 4) is 33.8 Å². The normalized spacial score (nSPS) is 13.0. The van der Waals surface area contributed by atoms with E-state index in [9.17, 15) is 8.42 Å². The van der Waals surface area contributed by atoms with Crippen LogP contribution >= 0.6 is 34.8 Å².